The molecule has 1 fully saturated rings. The first-order valence-corrected chi connectivity index (χ1v) is 7.35. The summed E-state index contributed by atoms with van der Waals surface area (Å²) in [4.78, 5) is 12.3. The molecule has 2 aromatic rings. The van der Waals surface area contributed by atoms with Gasteiger partial charge in [-0.05, 0) is 18.6 Å². The average molecular weight is 288 g/mol. The number of furan rings is 1. The van der Waals surface area contributed by atoms with Crippen LogP contribution in [0, 0.1) is 6.92 Å². The quantitative estimate of drug-likeness (QED) is 0.909. The molecule has 1 atom stereocenters. The number of nitrogens with one attached hydrogen (secondary N) is 2. The number of amides is 1. The molecular weight excluding hydrogens is 268 g/mol. The summed E-state index contributed by atoms with van der Waals surface area (Å²) in [6.45, 7) is 5.99. The summed E-state index contributed by atoms with van der Waals surface area (Å²) in [7, 11) is 0. The van der Waals surface area contributed by atoms with Gasteiger partial charge in [0.25, 0.3) is 5.91 Å². The van der Waals surface area contributed by atoms with Gasteiger partial charge in [-0.15, -0.1) is 0 Å². The second-order valence-electron chi connectivity index (χ2n) is 5.24. The van der Waals surface area contributed by atoms with Gasteiger partial charge < -0.3 is 19.8 Å². The molecule has 21 heavy (non-hydrogen) atoms. The number of aryl methyl sites for hydroxylation is 2. The molecule has 0 bridgehead atoms. The fourth-order valence-corrected chi connectivity index (χ4v) is 2.68. The number of para-hydroxylation sites is 1. The molecule has 1 aromatic carbocycles. The standard InChI is InChI=1S/C16H20N2O3/c1-3-13-10(2)11-5-4-6-12(15(11)21-13)18-16(19)14-9-17-7-8-20-14/h4-6,14,17H,3,7-9H2,1-2H3,(H,18,19)/t14-/m1/s1. The van der Waals surface area contributed by atoms with E-state index in [1.165, 1.54) is 0 Å². The van der Waals surface area contributed by atoms with Crippen LogP contribution in [0.4, 0.5) is 5.69 Å². The van der Waals surface area contributed by atoms with E-state index in [0.717, 1.165) is 35.3 Å². The van der Waals surface area contributed by atoms with Crippen LogP contribution in [0.2, 0.25) is 0 Å². The van der Waals surface area contributed by atoms with Gasteiger partial charge in [0.05, 0.1) is 12.3 Å². The lowest BCUT2D eigenvalue weighted by Gasteiger charge is -2.22. The molecular formula is C16H20N2O3. The summed E-state index contributed by atoms with van der Waals surface area (Å²) in [5.41, 5.74) is 2.58. The van der Waals surface area contributed by atoms with Crippen LogP contribution >= 0.6 is 0 Å². The van der Waals surface area contributed by atoms with Crippen LogP contribution in [-0.2, 0) is 16.0 Å². The highest BCUT2D eigenvalue weighted by Crippen LogP contribution is 2.31. The number of fused-ring (bicyclic) bond motifs is 1. The maximum atomic E-state index is 12.3. The average Bonchev–Trinajstić information content (AvgIpc) is 2.86. The maximum absolute atomic E-state index is 12.3. The van der Waals surface area contributed by atoms with Gasteiger partial charge in [0, 0.05) is 24.9 Å². The van der Waals surface area contributed by atoms with Crippen molar-refractivity contribution in [3.05, 3.63) is 29.5 Å². The first kappa shape index (κ1) is 14.1. The lowest BCUT2D eigenvalue weighted by molar-refractivity contribution is -0.128. The molecule has 112 valence electrons. The summed E-state index contributed by atoms with van der Waals surface area (Å²) in [6, 6.07) is 5.81. The van der Waals surface area contributed by atoms with Gasteiger partial charge in [-0.25, -0.2) is 0 Å². The molecule has 1 aliphatic rings. The number of ether oxygens (including phenoxy) is 1. The van der Waals surface area contributed by atoms with Crippen molar-refractivity contribution in [2.75, 3.05) is 25.0 Å². The molecule has 2 N–H and O–H groups in total. The molecule has 3 rings (SSSR count). The van der Waals surface area contributed by atoms with Gasteiger partial charge in [0.1, 0.15) is 11.9 Å². The Morgan fingerprint density at radius 1 is 1.48 bits per heavy atom. The minimum atomic E-state index is -0.448. The van der Waals surface area contributed by atoms with E-state index in [-0.39, 0.29) is 5.91 Å². The van der Waals surface area contributed by atoms with Gasteiger partial charge in [-0.1, -0.05) is 19.1 Å². The minimum Gasteiger partial charge on any atom is -0.459 e. The Hall–Kier alpha value is -1.85. The largest absolute Gasteiger partial charge is 0.459 e. The Bertz CT molecular complexity index is 657. The zero-order chi connectivity index (χ0) is 14.8. The lowest BCUT2D eigenvalue weighted by Crippen LogP contribution is -2.45. The number of anilines is 1. The van der Waals surface area contributed by atoms with Crippen molar-refractivity contribution in [1.29, 1.82) is 0 Å². The Morgan fingerprint density at radius 3 is 3.05 bits per heavy atom. The SMILES string of the molecule is CCc1oc2c(NC(=O)[C@H]3CNCCO3)cccc2c1C. The van der Waals surface area contributed by atoms with Gasteiger partial charge >= 0.3 is 0 Å². The summed E-state index contributed by atoms with van der Waals surface area (Å²) < 4.78 is 11.4. The second-order valence-corrected chi connectivity index (χ2v) is 5.24. The highest BCUT2D eigenvalue weighted by molar-refractivity contribution is 6.02. The highest BCUT2D eigenvalue weighted by atomic mass is 16.5. The van der Waals surface area contributed by atoms with E-state index < -0.39 is 6.10 Å². The number of hydrogen-bond donors (Lipinski definition) is 2. The van der Waals surface area contributed by atoms with Crippen LogP contribution in [0.25, 0.3) is 11.0 Å². The van der Waals surface area contributed by atoms with E-state index in [9.17, 15) is 4.79 Å². The molecule has 1 aromatic heterocycles. The first-order chi connectivity index (χ1) is 10.2. The number of rotatable bonds is 3. The maximum Gasteiger partial charge on any atom is 0.254 e. The van der Waals surface area contributed by atoms with E-state index in [4.69, 9.17) is 9.15 Å². The zero-order valence-electron chi connectivity index (χ0n) is 12.4. The number of carbonyl (C=O) groups excluding carboxylic acids is 1. The van der Waals surface area contributed by atoms with E-state index in [2.05, 4.69) is 17.6 Å². The van der Waals surface area contributed by atoms with Gasteiger partial charge in [-0.3, -0.25) is 4.79 Å². The summed E-state index contributed by atoms with van der Waals surface area (Å²) in [5, 5.41) is 7.12. The Kier molecular flexibility index (Phi) is 3.94. The van der Waals surface area contributed by atoms with Gasteiger partial charge in [0.15, 0.2) is 5.58 Å². The third kappa shape index (κ3) is 2.66. The number of morpholine rings is 1. The number of benzene rings is 1. The second kappa shape index (κ2) is 5.87. The van der Waals surface area contributed by atoms with Crippen LogP contribution in [-0.4, -0.2) is 31.7 Å². The normalized spacial score (nSPS) is 18.9. The molecule has 1 amide bonds. The predicted molar refractivity (Wildman–Crippen MR) is 81.6 cm³/mol. The Balaban J connectivity index is 1.88. The van der Waals surface area contributed by atoms with Crippen LogP contribution < -0.4 is 10.6 Å². The van der Waals surface area contributed by atoms with Crippen LogP contribution in [0.1, 0.15) is 18.2 Å². The molecule has 0 saturated carbocycles. The third-order valence-electron chi connectivity index (χ3n) is 3.86. The predicted octanol–water partition coefficient (Wildman–Crippen LogP) is 2.23. The van der Waals surface area contributed by atoms with Crippen molar-refractivity contribution >= 4 is 22.6 Å². The summed E-state index contributed by atoms with van der Waals surface area (Å²) >= 11 is 0. The highest BCUT2D eigenvalue weighted by Gasteiger charge is 2.23. The van der Waals surface area contributed by atoms with E-state index in [0.29, 0.717) is 18.8 Å². The molecule has 0 spiro atoms. The van der Waals surface area contributed by atoms with Crippen LogP contribution in [0.3, 0.4) is 0 Å². The lowest BCUT2D eigenvalue weighted by atomic mass is 10.1. The molecule has 0 radical (unpaired) electrons. The number of hydrogen-bond acceptors (Lipinski definition) is 4. The fourth-order valence-electron chi connectivity index (χ4n) is 2.68. The van der Waals surface area contributed by atoms with Crippen molar-refractivity contribution in [3.63, 3.8) is 0 Å². The van der Waals surface area contributed by atoms with E-state index >= 15 is 0 Å². The smallest absolute Gasteiger partial charge is 0.254 e. The number of carbonyl (C=O) groups is 1. The minimum absolute atomic E-state index is 0.137. The van der Waals surface area contributed by atoms with Crippen molar-refractivity contribution in [2.24, 2.45) is 0 Å². The molecule has 5 nitrogen and oxygen atoms in total. The molecule has 1 saturated heterocycles. The van der Waals surface area contributed by atoms with E-state index in [1.807, 2.05) is 25.1 Å². The molecule has 2 heterocycles. The van der Waals surface area contributed by atoms with Crippen molar-refractivity contribution in [1.82, 2.24) is 5.32 Å². The fraction of sp³-hybridized carbons (Fsp3) is 0.438. The zero-order valence-corrected chi connectivity index (χ0v) is 12.4. The van der Waals surface area contributed by atoms with Crippen molar-refractivity contribution < 1.29 is 13.9 Å². The molecule has 0 aliphatic carbocycles. The van der Waals surface area contributed by atoms with Crippen LogP contribution in [0.5, 0.6) is 0 Å². The van der Waals surface area contributed by atoms with Gasteiger partial charge in [-0.2, -0.15) is 0 Å². The first-order valence-electron chi connectivity index (χ1n) is 7.35. The molecule has 1 aliphatic heterocycles. The Morgan fingerprint density at radius 2 is 2.33 bits per heavy atom. The monoisotopic (exact) mass is 288 g/mol. The van der Waals surface area contributed by atoms with Crippen molar-refractivity contribution in [2.45, 2.75) is 26.4 Å². The third-order valence-corrected chi connectivity index (χ3v) is 3.86. The summed E-state index contributed by atoms with van der Waals surface area (Å²) in [6.07, 6.45) is 0.388. The summed E-state index contributed by atoms with van der Waals surface area (Å²) in [5.74, 6) is 0.823. The topological polar surface area (TPSA) is 63.5 Å². The van der Waals surface area contributed by atoms with Gasteiger partial charge in [0.2, 0.25) is 0 Å². The van der Waals surface area contributed by atoms with Crippen LogP contribution in [0.15, 0.2) is 22.6 Å². The molecule has 5 heteroatoms. The Labute approximate surface area is 123 Å². The van der Waals surface area contributed by atoms with E-state index in [1.54, 1.807) is 0 Å². The van der Waals surface area contributed by atoms with Crippen molar-refractivity contribution in [3.8, 4) is 0 Å². The molecule has 0 unspecified atom stereocenters.